The van der Waals surface area contributed by atoms with Crippen LogP contribution in [0.2, 0.25) is 0 Å². The van der Waals surface area contributed by atoms with Crippen molar-refractivity contribution in [3.63, 3.8) is 0 Å². The molecule has 2 N–H and O–H groups in total. The lowest BCUT2D eigenvalue weighted by atomic mass is 10.1. The topological polar surface area (TPSA) is 155 Å². The summed E-state index contributed by atoms with van der Waals surface area (Å²) in [5, 5.41) is 17.3. The number of aliphatic hydroxyl groups is 2. The first-order valence-electron chi connectivity index (χ1n) is 10.7. The van der Waals surface area contributed by atoms with Crippen LogP contribution in [0.1, 0.15) is 41.4 Å². The van der Waals surface area contributed by atoms with Crippen LogP contribution in [0.3, 0.4) is 0 Å². The first-order valence-corrected chi connectivity index (χ1v) is 10.7. The molecule has 0 aliphatic carbocycles. The molecule has 0 amide bonds. The van der Waals surface area contributed by atoms with Gasteiger partial charge >= 0.3 is 23.9 Å². The molecule has 0 saturated carbocycles. The van der Waals surface area contributed by atoms with E-state index >= 15 is 0 Å². The van der Waals surface area contributed by atoms with Gasteiger partial charge in [-0.1, -0.05) is 24.3 Å². The van der Waals surface area contributed by atoms with Gasteiger partial charge in [0.15, 0.2) is 0 Å². The van der Waals surface area contributed by atoms with Gasteiger partial charge in [-0.2, -0.15) is 0 Å². The zero-order valence-electron chi connectivity index (χ0n) is 18.8. The Morgan fingerprint density at radius 2 is 0.857 bits per heavy atom. The van der Waals surface area contributed by atoms with E-state index in [-0.39, 0.29) is 75.1 Å². The molecule has 0 spiro atoms. The van der Waals surface area contributed by atoms with Crippen LogP contribution < -0.4 is 0 Å². The molecule has 0 unspecified atom stereocenters. The van der Waals surface area contributed by atoms with E-state index in [0.29, 0.717) is 0 Å². The van der Waals surface area contributed by atoms with Crippen LogP contribution in [0.25, 0.3) is 0 Å². The fourth-order valence-electron chi connectivity index (χ4n) is 2.75. The molecule has 11 heteroatoms. The quantitative estimate of drug-likeness (QED) is 0.169. The zero-order valence-corrected chi connectivity index (χ0v) is 18.8. The minimum absolute atomic E-state index is 0.0534. The number of hydrogen-bond acceptors (Lipinski definition) is 11. The number of aliphatic hydroxyl groups excluding tert-OH is 2. The average Bonchev–Trinajstić information content (AvgIpc) is 2.88. The van der Waals surface area contributed by atoms with Crippen LogP contribution in [0, 0.1) is 0 Å². The summed E-state index contributed by atoms with van der Waals surface area (Å²) in [5.41, 5.74) is -0.655. The van der Waals surface area contributed by atoms with Gasteiger partial charge in [0.1, 0.15) is 13.2 Å². The van der Waals surface area contributed by atoms with E-state index in [4.69, 9.17) is 33.9 Å². The number of benzene rings is 2. The summed E-state index contributed by atoms with van der Waals surface area (Å²) in [5.74, 6) is -3.88. The molecule has 0 atom stereocenters. The minimum atomic E-state index is -1.11. The maximum absolute atomic E-state index is 12.7. The number of rotatable bonds is 14. The number of hydrogen-bond donors (Lipinski definition) is 2. The van der Waals surface area contributed by atoms with Crippen LogP contribution in [-0.4, -0.2) is 86.9 Å². The lowest BCUT2D eigenvalue weighted by molar-refractivity contribution is 0.0247. The van der Waals surface area contributed by atoms with E-state index in [2.05, 4.69) is 0 Å². The highest BCUT2D eigenvalue weighted by Gasteiger charge is 2.25. The summed E-state index contributed by atoms with van der Waals surface area (Å²) in [7, 11) is 0. The number of ether oxygens (including phenoxy) is 5. The fourth-order valence-corrected chi connectivity index (χ4v) is 2.75. The third-order valence-electron chi connectivity index (χ3n) is 4.31. The standard InChI is InChI=1S/C24H26O11/c25-9-11-31-13-15-33-21(27)17-5-1-3-7-19(17)23(29)35-24(30)20-8-4-2-6-18(20)22(28)34-16-14-32-12-10-26/h1-8,25-26H,9-16H2. The summed E-state index contributed by atoms with van der Waals surface area (Å²) in [6.07, 6.45) is 0. The number of esters is 4. The van der Waals surface area contributed by atoms with Gasteiger partial charge < -0.3 is 33.9 Å². The van der Waals surface area contributed by atoms with E-state index in [1.54, 1.807) is 0 Å². The van der Waals surface area contributed by atoms with E-state index in [1.807, 2.05) is 0 Å². The Morgan fingerprint density at radius 1 is 0.514 bits per heavy atom. The molecule has 2 rings (SSSR count). The van der Waals surface area contributed by atoms with Gasteiger partial charge in [0, 0.05) is 0 Å². The van der Waals surface area contributed by atoms with Gasteiger partial charge in [0.2, 0.25) is 0 Å². The first-order chi connectivity index (χ1) is 17.0. The number of carbonyl (C=O) groups is 4. The van der Waals surface area contributed by atoms with Crippen molar-refractivity contribution in [1.29, 1.82) is 0 Å². The van der Waals surface area contributed by atoms with Gasteiger partial charge in [-0.05, 0) is 24.3 Å². The average molecular weight is 490 g/mol. The maximum atomic E-state index is 12.7. The van der Waals surface area contributed by atoms with Crippen LogP contribution in [-0.2, 0) is 23.7 Å². The Morgan fingerprint density at radius 3 is 1.20 bits per heavy atom. The summed E-state index contributed by atoms with van der Waals surface area (Å²) in [6, 6.07) is 11.2. The van der Waals surface area contributed by atoms with Crippen molar-refractivity contribution in [2.24, 2.45) is 0 Å². The molecule has 11 nitrogen and oxygen atoms in total. The minimum Gasteiger partial charge on any atom is -0.460 e. The fraction of sp³-hybridized carbons (Fsp3) is 0.333. The largest absolute Gasteiger partial charge is 0.460 e. The molecular formula is C24H26O11. The molecule has 0 bridgehead atoms. The SMILES string of the molecule is O=C(OCCOCCO)c1ccccc1C(=O)OC(=O)c1ccccc1C(=O)OCCOCCO. The molecule has 0 heterocycles. The summed E-state index contributed by atoms with van der Waals surface area (Å²) in [6.45, 7) is -0.268. The second-order valence-electron chi connectivity index (χ2n) is 6.71. The Kier molecular flexibility index (Phi) is 12.1. The molecule has 0 saturated heterocycles. The van der Waals surface area contributed by atoms with E-state index < -0.39 is 23.9 Å². The van der Waals surface area contributed by atoms with Crippen LogP contribution in [0.5, 0.6) is 0 Å². The molecule has 0 aromatic heterocycles. The highest BCUT2D eigenvalue weighted by molar-refractivity contribution is 6.10. The van der Waals surface area contributed by atoms with E-state index in [9.17, 15) is 19.2 Å². The summed E-state index contributed by atoms with van der Waals surface area (Å²) in [4.78, 5) is 50.1. The van der Waals surface area contributed by atoms with Gasteiger partial charge in [-0.3, -0.25) is 0 Å². The molecule has 35 heavy (non-hydrogen) atoms. The maximum Gasteiger partial charge on any atom is 0.346 e. The molecular weight excluding hydrogens is 464 g/mol. The van der Waals surface area contributed by atoms with Crippen molar-refractivity contribution in [2.75, 3.05) is 52.9 Å². The van der Waals surface area contributed by atoms with Crippen LogP contribution >= 0.6 is 0 Å². The van der Waals surface area contributed by atoms with Crippen molar-refractivity contribution in [3.05, 3.63) is 70.8 Å². The highest BCUT2D eigenvalue weighted by atomic mass is 16.6. The second kappa shape index (κ2) is 15.3. The smallest absolute Gasteiger partial charge is 0.346 e. The summed E-state index contributed by atoms with van der Waals surface area (Å²) >= 11 is 0. The van der Waals surface area contributed by atoms with Crippen molar-refractivity contribution in [2.45, 2.75) is 0 Å². The van der Waals surface area contributed by atoms with E-state index in [1.165, 1.54) is 48.5 Å². The number of carbonyl (C=O) groups excluding carboxylic acids is 4. The summed E-state index contributed by atoms with van der Waals surface area (Å²) < 4.78 is 25.0. The molecule has 0 aliphatic rings. The van der Waals surface area contributed by atoms with Crippen LogP contribution in [0.15, 0.2) is 48.5 Å². The monoisotopic (exact) mass is 490 g/mol. The lowest BCUT2D eigenvalue weighted by Crippen LogP contribution is -2.20. The lowest BCUT2D eigenvalue weighted by Gasteiger charge is -2.11. The predicted molar refractivity (Wildman–Crippen MR) is 119 cm³/mol. The zero-order chi connectivity index (χ0) is 25.5. The molecule has 2 aromatic carbocycles. The highest BCUT2D eigenvalue weighted by Crippen LogP contribution is 2.16. The van der Waals surface area contributed by atoms with Crippen molar-refractivity contribution in [1.82, 2.24) is 0 Å². The molecule has 0 fully saturated rings. The normalized spacial score (nSPS) is 10.5. The predicted octanol–water partition coefficient (Wildman–Crippen LogP) is 1.02. The Balaban J connectivity index is 2.05. The van der Waals surface area contributed by atoms with Gasteiger partial charge in [0.25, 0.3) is 0 Å². The molecule has 0 aliphatic heterocycles. The van der Waals surface area contributed by atoms with Crippen LogP contribution in [0.4, 0.5) is 0 Å². The molecule has 188 valence electrons. The Hall–Kier alpha value is -3.64. The van der Waals surface area contributed by atoms with Crippen molar-refractivity contribution >= 4 is 23.9 Å². The first kappa shape index (κ1) is 27.6. The molecule has 2 aromatic rings. The Bertz CT molecular complexity index is 923. The Labute approximate surface area is 201 Å². The van der Waals surface area contributed by atoms with Gasteiger partial charge in [0.05, 0.1) is 61.9 Å². The molecule has 0 radical (unpaired) electrons. The van der Waals surface area contributed by atoms with Gasteiger partial charge in [-0.25, -0.2) is 19.2 Å². The van der Waals surface area contributed by atoms with Crippen molar-refractivity contribution < 1.29 is 53.1 Å². The third kappa shape index (κ3) is 8.91. The second-order valence-corrected chi connectivity index (χ2v) is 6.71. The van der Waals surface area contributed by atoms with Gasteiger partial charge in [-0.15, -0.1) is 0 Å². The van der Waals surface area contributed by atoms with Crippen molar-refractivity contribution in [3.8, 4) is 0 Å². The van der Waals surface area contributed by atoms with E-state index in [0.717, 1.165) is 0 Å². The third-order valence-corrected chi connectivity index (χ3v) is 4.31.